The Morgan fingerprint density at radius 2 is 2.06 bits per heavy atom. The van der Waals surface area contributed by atoms with Crippen molar-refractivity contribution in [1.29, 1.82) is 0 Å². The van der Waals surface area contributed by atoms with Gasteiger partial charge in [-0.15, -0.1) is 0 Å². The third kappa shape index (κ3) is 2.87. The largest absolute Gasteiger partial charge is 0.333 e. The van der Waals surface area contributed by atoms with Crippen molar-refractivity contribution in [3.63, 3.8) is 0 Å². The number of rotatable bonds is 4. The van der Waals surface area contributed by atoms with E-state index in [0.29, 0.717) is 0 Å². The number of nitrogens with zero attached hydrogens (tertiary/aromatic N) is 2. The number of aryl methyl sites for hydroxylation is 1. The van der Waals surface area contributed by atoms with E-state index in [1.165, 1.54) is 3.57 Å². The van der Waals surface area contributed by atoms with E-state index in [9.17, 15) is 0 Å². The van der Waals surface area contributed by atoms with Crippen LogP contribution in [0.15, 0.2) is 36.7 Å². The van der Waals surface area contributed by atoms with E-state index in [1.54, 1.807) is 0 Å². The summed E-state index contributed by atoms with van der Waals surface area (Å²) in [5, 5.41) is 0. The molecule has 0 radical (unpaired) electrons. The molecule has 2 N–H and O–H groups in total. The third-order valence-corrected chi connectivity index (χ3v) is 3.44. The number of imidazole rings is 1. The van der Waals surface area contributed by atoms with Crippen molar-refractivity contribution in [2.24, 2.45) is 5.73 Å². The molecular weight excluding hydrogens is 325 g/mol. The van der Waals surface area contributed by atoms with Gasteiger partial charge in [0.1, 0.15) is 5.82 Å². The Labute approximate surface area is 115 Å². The van der Waals surface area contributed by atoms with Gasteiger partial charge in [0.25, 0.3) is 0 Å². The molecule has 17 heavy (non-hydrogen) atoms. The van der Waals surface area contributed by atoms with Gasteiger partial charge in [-0.1, -0.05) is 19.1 Å². The van der Waals surface area contributed by atoms with Crippen molar-refractivity contribution < 1.29 is 0 Å². The first-order valence-corrected chi connectivity index (χ1v) is 6.82. The summed E-state index contributed by atoms with van der Waals surface area (Å²) in [5.41, 5.74) is 7.36. The second-order valence-electron chi connectivity index (χ2n) is 4.01. The molecule has 2 aromatic rings. The molecule has 0 saturated heterocycles. The highest BCUT2D eigenvalue weighted by Gasteiger charge is 2.13. The molecule has 0 amide bonds. The van der Waals surface area contributed by atoms with Crippen LogP contribution in [-0.2, 0) is 6.54 Å². The third-order valence-electron chi connectivity index (χ3n) is 2.72. The van der Waals surface area contributed by atoms with Gasteiger partial charge in [0, 0.05) is 22.5 Å². The van der Waals surface area contributed by atoms with Crippen LogP contribution in [0.5, 0.6) is 0 Å². The van der Waals surface area contributed by atoms with Crippen molar-refractivity contribution in [3.8, 4) is 0 Å². The summed E-state index contributed by atoms with van der Waals surface area (Å²) in [6.45, 7) is 3.12. The summed E-state index contributed by atoms with van der Waals surface area (Å²) in [7, 11) is 0. The molecule has 90 valence electrons. The molecule has 1 unspecified atom stereocenters. The highest BCUT2D eigenvalue weighted by atomic mass is 127. The predicted octanol–water partition coefficient (Wildman–Crippen LogP) is 2.95. The van der Waals surface area contributed by atoms with Gasteiger partial charge in [0.2, 0.25) is 0 Å². The van der Waals surface area contributed by atoms with E-state index >= 15 is 0 Å². The second kappa shape index (κ2) is 5.64. The minimum atomic E-state index is -0.145. The monoisotopic (exact) mass is 341 g/mol. The normalized spacial score (nSPS) is 12.6. The van der Waals surface area contributed by atoms with Crippen LogP contribution in [0.25, 0.3) is 0 Å². The topological polar surface area (TPSA) is 43.8 Å². The van der Waals surface area contributed by atoms with E-state index in [1.807, 2.05) is 12.4 Å². The second-order valence-corrected chi connectivity index (χ2v) is 5.25. The Kier molecular flexibility index (Phi) is 4.17. The Morgan fingerprint density at radius 1 is 1.35 bits per heavy atom. The number of aromatic nitrogens is 2. The lowest BCUT2D eigenvalue weighted by atomic mass is 10.1. The molecule has 0 aliphatic heterocycles. The van der Waals surface area contributed by atoms with Gasteiger partial charge in [0.15, 0.2) is 0 Å². The summed E-state index contributed by atoms with van der Waals surface area (Å²) in [6.07, 6.45) is 4.89. The van der Waals surface area contributed by atoms with E-state index in [4.69, 9.17) is 5.73 Å². The predicted molar refractivity (Wildman–Crippen MR) is 77.7 cm³/mol. The molecule has 1 aromatic heterocycles. The molecule has 0 spiro atoms. The highest BCUT2D eigenvalue weighted by molar-refractivity contribution is 14.1. The number of hydrogen-bond donors (Lipinski definition) is 1. The van der Waals surface area contributed by atoms with Crippen molar-refractivity contribution in [2.45, 2.75) is 25.9 Å². The van der Waals surface area contributed by atoms with Crippen molar-refractivity contribution in [1.82, 2.24) is 9.55 Å². The first-order chi connectivity index (χ1) is 8.22. The van der Waals surface area contributed by atoms with E-state index in [2.05, 4.69) is 63.3 Å². The maximum atomic E-state index is 6.26. The summed E-state index contributed by atoms with van der Waals surface area (Å²) >= 11 is 2.29. The Balaban J connectivity index is 2.26. The number of benzene rings is 1. The van der Waals surface area contributed by atoms with Gasteiger partial charge in [-0.2, -0.15) is 0 Å². The molecular formula is C13H16IN3. The standard InChI is InChI=1S/C13H16IN3/c1-2-8-17-9-7-16-13(17)12(15)10-3-5-11(14)6-4-10/h3-7,9,12H,2,8,15H2,1H3. The average Bonchev–Trinajstić information content (AvgIpc) is 2.78. The fraction of sp³-hybridized carbons (Fsp3) is 0.308. The molecule has 4 heteroatoms. The first-order valence-electron chi connectivity index (χ1n) is 5.74. The van der Waals surface area contributed by atoms with E-state index in [-0.39, 0.29) is 6.04 Å². The molecule has 3 nitrogen and oxygen atoms in total. The Bertz CT molecular complexity index is 476. The smallest absolute Gasteiger partial charge is 0.130 e. The fourth-order valence-electron chi connectivity index (χ4n) is 1.85. The molecule has 1 aromatic carbocycles. The summed E-state index contributed by atoms with van der Waals surface area (Å²) in [4.78, 5) is 4.37. The van der Waals surface area contributed by atoms with Crippen LogP contribution in [0.3, 0.4) is 0 Å². The fourth-order valence-corrected chi connectivity index (χ4v) is 2.21. The molecule has 0 saturated carbocycles. The average molecular weight is 341 g/mol. The molecule has 1 heterocycles. The van der Waals surface area contributed by atoms with Crippen molar-refractivity contribution in [2.75, 3.05) is 0 Å². The van der Waals surface area contributed by atoms with Gasteiger partial charge in [-0.25, -0.2) is 4.98 Å². The van der Waals surface area contributed by atoms with Crippen molar-refractivity contribution in [3.05, 3.63) is 51.6 Å². The minimum absolute atomic E-state index is 0.145. The summed E-state index contributed by atoms with van der Waals surface area (Å²) in [5.74, 6) is 0.938. The van der Waals surface area contributed by atoms with Gasteiger partial charge >= 0.3 is 0 Å². The number of halogens is 1. The van der Waals surface area contributed by atoms with Crippen LogP contribution < -0.4 is 5.73 Å². The molecule has 2 rings (SSSR count). The van der Waals surface area contributed by atoms with E-state index in [0.717, 1.165) is 24.4 Å². The van der Waals surface area contributed by atoms with Crippen LogP contribution >= 0.6 is 22.6 Å². The number of hydrogen-bond acceptors (Lipinski definition) is 2. The lowest BCUT2D eigenvalue weighted by Gasteiger charge is -2.14. The maximum Gasteiger partial charge on any atom is 0.130 e. The maximum absolute atomic E-state index is 6.26. The lowest BCUT2D eigenvalue weighted by Crippen LogP contribution is -2.17. The molecule has 0 fully saturated rings. The van der Waals surface area contributed by atoms with Gasteiger partial charge in [0.05, 0.1) is 6.04 Å². The van der Waals surface area contributed by atoms with Crippen LogP contribution in [0.4, 0.5) is 0 Å². The van der Waals surface area contributed by atoms with Crippen LogP contribution in [0.2, 0.25) is 0 Å². The quantitative estimate of drug-likeness (QED) is 0.869. The van der Waals surface area contributed by atoms with E-state index < -0.39 is 0 Å². The van der Waals surface area contributed by atoms with Gasteiger partial charge in [-0.3, -0.25) is 0 Å². The first kappa shape index (κ1) is 12.6. The Morgan fingerprint density at radius 3 is 2.71 bits per heavy atom. The van der Waals surface area contributed by atoms with Crippen LogP contribution in [-0.4, -0.2) is 9.55 Å². The summed E-state index contributed by atoms with van der Waals surface area (Å²) in [6, 6.07) is 8.13. The Hall–Kier alpha value is -0.880. The molecule has 0 aliphatic rings. The highest BCUT2D eigenvalue weighted by Crippen LogP contribution is 2.19. The van der Waals surface area contributed by atoms with Gasteiger partial charge < -0.3 is 10.3 Å². The SMILES string of the molecule is CCCn1ccnc1C(N)c1ccc(I)cc1. The van der Waals surface area contributed by atoms with Crippen LogP contribution in [0, 0.1) is 3.57 Å². The zero-order valence-corrected chi connectivity index (χ0v) is 12.0. The molecule has 1 atom stereocenters. The van der Waals surface area contributed by atoms with Crippen LogP contribution in [0.1, 0.15) is 30.8 Å². The zero-order valence-electron chi connectivity index (χ0n) is 9.81. The number of nitrogens with two attached hydrogens (primary N) is 1. The summed E-state index contributed by atoms with van der Waals surface area (Å²) < 4.78 is 3.35. The lowest BCUT2D eigenvalue weighted by molar-refractivity contribution is 0.613. The van der Waals surface area contributed by atoms with Gasteiger partial charge in [-0.05, 0) is 46.7 Å². The molecule has 0 bridgehead atoms. The zero-order chi connectivity index (χ0) is 12.3. The minimum Gasteiger partial charge on any atom is -0.333 e. The molecule has 0 aliphatic carbocycles. The van der Waals surface area contributed by atoms with Crippen molar-refractivity contribution >= 4 is 22.6 Å².